The molecule has 0 fully saturated rings. The number of carbonyl (C=O) groups excluding carboxylic acids is 1. The molecule has 2 N–H and O–H groups in total. The molecule has 8 nitrogen and oxygen atoms in total. The highest BCUT2D eigenvalue weighted by Crippen LogP contribution is 2.25. The van der Waals surface area contributed by atoms with E-state index in [0.717, 1.165) is 27.5 Å². The molecule has 1 aromatic carbocycles. The highest BCUT2D eigenvalue weighted by molar-refractivity contribution is 7.14. The summed E-state index contributed by atoms with van der Waals surface area (Å²) >= 11 is 1.45. The maximum Gasteiger partial charge on any atom is 0.318 e. The van der Waals surface area contributed by atoms with Crippen molar-refractivity contribution in [2.75, 3.05) is 13.2 Å². The van der Waals surface area contributed by atoms with Crippen LogP contribution in [0.25, 0.3) is 4.96 Å². The highest BCUT2D eigenvalue weighted by atomic mass is 32.1. The molecular formula is C17H19N5O3S. The van der Waals surface area contributed by atoms with Gasteiger partial charge >= 0.3 is 6.03 Å². The molecule has 0 aliphatic carbocycles. The first-order valence-electron chi connectivity index (χ1n) is 8.33. The Hall–Kier alpha value is -2.65. The molecule has 2 aromatic heterocycles. The van der Waals surface area contributed by atoms with Crippen molar-refractivity contribution in [1.82, 2.24) is 24.8 Å². The Balaban J connectivity index is 1.47. The Kier molecular flexibility index (Phi) is 4.48. The predicted octanol–water partition coefficient (Wildman–Crippen LogP) is 1.95. The molecule has 0 saturated heterocycles. The molecule has 0 spiro atoms. The van der Waals surface area contributed by atoms with E-state index in [0.29, 0.717) is 19.7 Å². The van der Waals surface area contributed by atoms with Gasteiger partial charge in [-0.15, -0.1) is 0 Å². The van der Waals surface area contributed by atoms with Crippen molar-refractivity contribution < 1.29 is 14.6 Å². The van der Waals surface area contributed by atoms with Gasteiger partial charge in [0, 0.05) is 5.56 Å². The van der Waals surface area contributed by atoms with Gasteiger partial charge in [-0.05, 0) is 24.6 Å². The average molecular weight is 373 g/mol. The SMILES string of the molecule is C[C@H](NC(=O)N1CCOc2ccc(CO)cc2C1)c1cn2ncsc2n1. The molecule has 3 heterocycles. The number of fused-ring (bicyclic) bond motifs is 2. The van der Waals surface area contributed by atoms with E-state index < -0.39 is 0 Å². The second-order valence-electron chi connectivity index (χ2n) is 6.17. The number of nitrogens with zero attached hydrogens (tertiary/aromatic N) is 4. The summed E-state index contributed by atoms with van der Waals surface area (Å²) < 4.78 is 7.43. The van der Waals surface area contributed by atoms with Gasteiger partial charge in [-0.1, -0.05) is 17.4 Å². The number of imidazole rings is 1. The number of aliphatic hydroxyl groups excluding tert-OH is 1. The van der Waals surface area contributed by atoms with E-state index in [1.54, 1.807) is 14.9 Å². The number of urea groups is 1. The lowest BCUT2D eigenvalue weighted by molar-refractivity contribution is 0.184. The van der Waals surface area contributed by atoms with Gasteiger partial charge in [-0.2, -0.15) is 5.10 Å². The minimum absolute atomic E-state index is 0.0397. The lowest BCUT2D eigenvalue weighted by atomic mass is 10.1. The number of ether oxygens (including phenoxy) is 1. The van der Waals surface area contributed by atoms with Crippen LogP contribution in [-0.2, 0) is 13.2 Å². The van der Waals surface area contributed by atoms with Gasteiger partial charge in [0.25, 0.3) is 0 Å². The van der Waals surface area contributed by atoms with Crippen LogP contribution >= 0.6 is 11.3 Å². The normalized spacial score (nSPS) is 15.2. The third kappa shape index (κ3) is 3.23. The van der Waals surface area contributed by atoms with Gasteiger partial charge in [0.05, 0.1) is 37.6 Å². The van der Waals surface area contributed by atoms with Crippen LogP contribution in [0.2, 0.25) is 0 Å². The lowest BCUT2D eigenvalue weighted by Gasteiger charge is -2.22. The zero-order valence-electron chi connectivity index (χ0n) is 14.3. The largest absolute Gasteiger partial charge is 0.491 e. The van der Waals surface area contributed by atoms with Crippen LogP contribution in [-0.4, -0.2) is 43.8 Å². The van der Waals surface area contributed by atoms with Crippen molar-refractivity contribution in [3.05, 3.63) is 46.7 Å². The standard InChI is InChI=1S/C17H19N5O3S/c1-11(14-8-22-17(20-14)26-10-18-22)19-16(24)21-4-5-25-15-3-2-12(9-23)6-13(15)7-21/h2-3,6,8,10-11,23H,4-5,7,9H2,1H3,(H,19,24)/t11-/m0/s1. The number of hydrogen-bond donors (Lipinski definition) is 2. The van der Waals surface area contributed by atoms with Crippen molar-refractivity contribution in [3.63, 3.8) is 0 Å². The molecule has 26 heavy (non-hydrogen) atoms. The molecule has 0 bridgehead atoms. The topological polar surface area (TPSA) is 92.0 Å². The summed E-state index contributed by atoms with van der Waals surface area (Å²) in [6.45, 7) is 3.21. The molecule has 2 amide bonds. The molecular weight excluding hydrogens is 354 g/mol. The number of nitrogens with one attached hydrogen (secondary N) is 1. The Bertz CT molecular complexity index is 909. The summed E-state index contributed by atoms with van der Waals surface area (Å²) in [5, 5.41) is 16.5. The summed E-state index contributed by atoms with van der Waals surface area (Å²) in [6.07, 6.45) is 1.82. The van der Waals surface area contributed by atoms with E-state index in [-0.39, 0.29) is 18.7 Å². The fraction of sp³-hybridized carbons (Fsp3) is 0.353. The Morgan fingerprint density at radius 3 is 3.19 bits per heavy atom. The smallest absolute Gasteiger partial charge is 0.318 e. The molecule has 136 valence electrons. The van der Waals surface area contributed by atoms with Gasteiger partial charge in [0.1, 0.15) is 17.9 Å². The Morgan fingerprint density at radius 1 is 1.50 bits per heavy atom. The molecule has 1 aliphatic rings. The molecule has 0 saturated carbocycles. The van der Waals surface area contributed by atoms with Gasteiger partial charge in [0.2, 0.25) is 4.96 Å². The molecule has 4 rings (SSSR count). The number of aromatic nitrogens is 3. The van der Waals surface area contributed by atoms with E-state index in [2.05, 4.69) is 15.4 Å². The van der Waals surface area contributed by atoms with E-state index in [4.69, 9.17) is 4.74 Å². The van der Waals surface area contributed by atoms with Crippen LogP contribution in [0.5, 0.6) is 5.75 Å². The summed E-state index contributed by atoms with van der Waals surface area (Å²) in [7, 11) is 0. The summed E-state index contributed by atoms with van der Waals surface area (Å²) in [5.41, 5.74) is 4.19. The zero-order chi connectivity index (χ0) is 18.1. The zero-order valence-corrected chi connectivity index (χ0v) is 15.1. The second kappa shape index (κ2) is 6.93. The van der Waals surface area contributed by atoms with Gasteiger partial charge in [-0.25, -0.2) is 14.3 Å². The van der Waals surface area contributed by atoms with Gasteiger partial charge in [0.15, 0.2) is 0 Å². The number of carbonyl (C=O) groups is 1. The molecule has 0 radical (unpaired) electrons. The van der Waals surface area contributed by atoms with Crippen LogP contribution in [0, 0.1) is 0 Å². The number of aliphatic hydroxyl groups is 1. The van der Waals surface area contributed by atoms with Crippen LogP contribution in [0.3, 0.4) is 0 Å². The quantitative estimate of drug-likeness (QED) is 0.732. The van der Waals surface area contributed by atoms with Crippen LogP contribution in [0.1, 0.15) is 29.8 Å². The third-order valence-electron chi connectivity index (χ3n) is 4.36. The summed E-state index contributed by atoms with van der Waals surface area (Å²) in [4.78, 5) is 19.7. The number of amides is 2. The third-order valence-corrected chi connectivity index (χ3v) is 5.05. The van der Waals surface area contributed by atoms with Crippen LogP contribution in [0.4, 0.5) is 4.79 Å². The fourth-order valence-electron chi connectivity index (χ4n) is 2.93. The number of rotatable bonds is 3. The first-order valence-corrected chi connectivity index (χ1v) is 9.21. The molecule has 0 unspecified atom stereocenters. The van der Waals surface area contributed by atoms with Crippen LogP contribution in [0.15, 0.2) is 29.9 Å². The minimum Gasteiger partial charge on any atom is -0.491 e. The summed E-state index contributed by atoms with van der Waals surface area (Å²) in [6, 6.07) is 5.14. The van der Waals surface area contributed by atoms with Gasteiger partial charge < -0.3 is 20.1 Å². The van der Waals surface area contributed by atoms with E-state index >= 15 is 0 Å². The summed E-state index contributed by atoms with van der Waals surface area (Å²) in [5.74, 6) is 0.756. The monoisotopic (exact) mass is 373 g/mol. The van der Waals surface area contributed by atoms with Crippen molar-refractivity contribution in [1.29, 1.82) is 0 Å². The number of hydrogen-bond acceptors (Lipinski definition) is 6. The van der Waals surface area contributed by atoms with E-state index in [1.165, 1.54) is 11.3 Å². The Morgan fingerprint density at radius 2 is 2.38 bits per heavy atom. The molecule has 1 aliphatic heterocycles. The minimum atomic E-state index is -0.233. The molecule has 3 aromatic rings. The first-order chi connectivity index (χ1) is 12.6. The van der Waals surface area contributed by atoms with E-state index in [9.17, 15) is 9.90 Å². The van der Waals surface area contributed by atoms with Crippen molar-refractivity contribution in [3.8, 4) is 5.75 Å². The van der Waals surface area contributed by atoms with Crippen molar-refractivity contribution >= 4 is 22.3 Å². The highest BCUT2D eigenvalue weighted by Gasteiger charge is 2.22. The fourth-order valence-corrected chi connectivity index (χ4v) is 3.54. The lowest BCUT2D eigenvalue weighted by Crippen LogP contribution is -2.41. The molecule has 1 atom stereocenters. The van der Waals surface area contributed by atoms with Crippen LogP contribution < -0.4 is 10.1 Å². The maximum atomic E-state index is 12.7. The average Bonchev–Trinajstić information content (AvgIpc) is 3.17. The second-order valence-corrected chi connectivity index (χ2v) is 6.98. The molecule has 9 heteroatoms. The van der Waals surface area contributed by atoms with E-state index in [1.807, 2.05) is 31.3 Å². The number of benzene rings is 1. The first kappa shape index (κ1) is 16.8. The predicted molar refractivity (Wildman–Crippen MR) is 96.1 cm³/mol. The van der Waals surface area contributed by atoms with Crippen molar-refractivity contribution in [2.24, 2.45) is 0 Å². The maximum absolute atomic E-state index is 12.7. The Labute approximate surface area is 154 Å². The van der Waals surface area contributed by atoms with Crippen molar-refractivity contribution in [2.45, 2.75) is 26.1 Å². The van der Waals surface area contributed by atoms with Gasteiger partial charge in [-0.3, -0.25) is 0 Å².